The lowest BCUT2D eigenvalue weighted by molar-refractivity contribution is -0.140. The summed E-state index contributed by atoms with van der Waals surface area (Å²) in [7, 11) is -4.39. The molecule has 0 fully saturated rings. The van der Waals surface area contributed by atoms with Gasteiger partial charge >= 0.3 is 5.97 Å². The molecule has 0 saturated heterocycles. The second kappa shape index (κ2) is 5.76. The molecule has 0 aliphatic heterocycles. The summed E-state index contributed by atoms with van der Waals surface area (Å²) >= 11 is 0. The molecule has 0 bridgehead atoms. The second-order valence-corrected chi connectivity index (χ2v) is 5.30. The van der Waals surface area contributed by atoms with E-state index in [1.54, 1.807) is 4.72 Å². The second-order valence-electron chi connectivity index (χ2n) is 3.61. The van der Waals surface area contributed by atoms with Crippen molar-refractivity contribution in [2.75, 3.05) is 0 Å². The summed E-state index contributed by atoms with van der Waals surface area (Å²) in [5.74, 6) is -3.61. The third-order valence-corrected chi connectivity index (χ3v) is 3.63. The fourth-order valence-electron chi connectivity index (χ4n) is 1.29. The van der Waals surface area contributed by atoms with E-state index < -0.39 is 45.1 Å². The number of carbonyl (C=O) groups excluding carboxylic acids is 1. The zero-order valence-corrected chi connectivity index (χ0v) is 10.4. The molecule has 19 heavy (non-hydrogen) atoms. The largest absolute Gasteiger partial charge is 0.480 e. The highest BCUT2D eigenvalue weighted by molar-refractivity contribution is 7.89. The monoisotopic (exact) mass is 290 g/mol. The molecular formula is C10H11FN2O5S. The number of halogens is 1. The van der Waals surface area contributed by atoms with Crippen molar-refractivity contribution in [2.24, 2.45) is 5.73 Å². The summed E-state index contributed by atoms with van der Waals surface area (Å²) in [6, 6.07) is 2.70. The summed E-state index contributed by atoms with van der Waals surface area (Å²) in [4.78, 5) is 20.8. The molecule has 0 heterocycles. The highest BCUT2D eigenvalue weighted by atomic mass is 32.2. The lowest BCUT2D eigenvalue weighted by Gasteiger charge is -2.13. The number of carbonyl (C=O) groups is 2. The molecule has 104 valence electrons. The molecule has 1 amide bonds. The Morgan fingerprint density at radius 3 is 2.42 bits per heavy atom. The van der Waals surface area contributed by atoms with Crippen molar-refractivity contribution in [2.45, 2.75) is 17.4 Å². The van der Waals surface area contributed by atoms with Crippen molar-refractivity contribution < 1.29 is 27.5 Å². The maximum atomic E-state index is 13.3. The van der Waals surface area contributed by atoms with Crippen LogP contribution < -0.4 is 10.5 Å². The number of amides is 1. The van der Waals surface area contributed by atoms with Crippen LogP contribution in [0.5, 0.6) is 0 Å². The van der Waals surface area contributed by atoms with E-state index in [1.807, 2.05) is 0 Å². The van der Waals surface area contributed by atoms with Crippen molar-refractivity contribution in [3.8, 4) is 0 Å². The van der Waals surface area contributed by atoms with Crippen LogP contribution in [-0.2, 0) is 19.6 Å². The predicted octanol–water partition coefficient (Wildman–Crippen LogP) is -0.567. The van der Waals surface area contributed by atoms with Crippen LogP contribution in [0.2, 0.25) is 0 Å². The van der Waals surface area contributed by atoms with Crippen LogP contribution in [0.3, 0.4) is 0 Å². The Bertz CT molecular complexity index is 602. The van der Waals surface area contributed by atoms with Crippen molar-refractivity contribution >= 4 is 21.9 Å². The van der Waals surface area contributed by atoms with Gasteiger partial charge in [0.05, 0.1) is 6.42 Å². The number of aliphatic carboxylic acids is 1. The first-order chi connectivity index (χ1) is 8.74. The van der Waals surface area contributed by atoms with Gasteiger partial charge in [0.25, 0.3) is 0 Å². The molecule has 9 heteroatoms. The summed E-state index contributed by atoms with van der Waals surface area (Å²) in [6.07, 6.45) is -0.733. The van der Waals surface area contributed by atoms with Gasteiger partial charge in [-0.25, -0.2) is 12.8 Å². The molecule has 0 radical (unpaired) electrons. The van der Waals surface area contributed by atoms with Gasteiger partial charge in [-0.3, -0.25) is 9.59 Å². The van der Waals surface area contributed by atoms with Crippen LogP contribution >= 0.6 is 0 Å². The Balaban J connectivity index is 3.04. The number of hydrogen-bond donors (Lipinski definition) is 3. The number of rotatable bonds is 6. The van der Waals surface area contributed by atoms with Crippen LogP contribution in [0.1, 0.15) is 6.42 Å². The smallest absolute Gasteiger partial charge is 0.322 e. The first-order valence-corrected chi connectivity index (χ1v) is 6.50. The molecular weight excluding hydrogens is 279 g/mol. The minimum atomic E-state index is -4.39. The zero-order valence-electron chi connectivity index (χ0n) is 9.54. The van der Waals surface area contributed by atoms with E-state index in [1.165, 1.54) is 12.1 Å². The van der Waals surface area contributed by atoms with Gasteiger partial charge in [-0.1, -0.05) is 12.1 Å². The Morgan fingerprint density at radius 2 is 1.95 bits per heavy atom. The van der Waals surface area contributed by atoms with Crippen molar-refractivity contribution in [3.63, 3.8) is 0 Å². The first-order valence-electron chi connectivity index (χ1n) is 5.02. The highest BCUT2D eigenvalue weighted by Gasteiger charge is 2.28. The van der Waals surface area contributed by atoms with Crippen LogP contribution in [0, 0.1) is 5.82 Å². The Kier molecular flexibility index (Phi) is 4.57. The van der Waals surface area contributed by atoms with E-state index in [9.17, 15) is 22.4 Å². The molecule has 0 unspecified atom stereocenters. The molecule has 7 nitrogen and oxygen atoms in total. The number of benzene rings is 1. The van der Waals surface area contributed by atoms with Gasteiger partial charge in [0, 0.05) is 0 Å². The first kappa shape index (κ1) is 15.1. The fraction of sp³-hybridized carbons (Fsp3) is 0.200. The van der Waals surface area contributed by atoms with E-state index in [0.29, 0.717) is 0 Å². The molecule has 1 atom stereocenters. The number of carboxylic acid groups (broad SMARTS) is 1. The van der Waals surface area contributed by atoms with Crippen molar-refractivity contribution in [1.82, 2.24) is 4.72 Å². The van der Waals surface area contributed by atoms with Crippen LogP contribution in [0.4, 0.5) is 4.39 Å². The van der Waals surface area contributed by atoms with E-state index in [4.69, 9.17) is 10.8 Å². The Labute approximate surface area is 108 Å². The van der Waals surface area contributed by atoms with Crippen LogP contribution in [0.15, 0.2) is 29.2 Å². The summed E-state index contributed by atoms with van der Waals surface area (Å²) in [5.41, 5.74) is 4.81. The number of carboxylic acids is 1. The molecule has 1 aromatic rings. The lowest BCUT2D eigenvalue weighted by atomic mass is 10.2. The molecule has 0 spiro atoms. The lowest BCUT2D eigenvalue weighted by Crippen LogP contribution is -2.43. The zero-order chi connectivity index (χ0) is 14.6. The average Bonchev–Trinajstić information content (AvgIpc) is 2.27. The van der Waals surface area contributed by atoms with Gasteiger partial charge in [-0.2, -0.15) is 4.72 Å². The maximum absolute atomic E-state index is 13.3. The van der Waals surface area contributed by atoms with Gasteiger partial charge in [0.2, 0.25) is 15.9 Å². The summed E-state index contributed by atoms with van der Waals surface area (Å²) in [6.45, 7) is 0. The van der Waals surface area contributed by atoms with Gasteiger partial charge in [-0.15, -0.1) is 0 Å². The average molecular weight is 290 g/mol. The topological polar surface area (TPSA) is 127 Å². The molecule has 0 aliphatic rings. The molecule has 0 aliphatic carbocycles. The van der Waals surface area contributed by atoms with Crippen molar-refractivity contribution in [1.29, 1.82) is 0 Å². The standard InChI is InChI=1S/C10H11FN2O5S/c11-6-3-1-2-4-8(6)19(17,18)13-7(10(15)16)5-9(12)14/h1-4,7,13H,5H2,(H2,12,14)(H,15,16)/t7-/m0/s1. The number of nitrogens with two attached hydrogens (primary N) is 1. The fourth-order valence-corrected chi connectivity index (χ4v) is 2.56. The molecule has 4 N–H and O–H groups in total. The summed E-state index contributed by atoms with van der Waals surface area (Å²) in [5, 5.41) is 8.77. The summed E-state index contributed by atoms with van der Waals surface area (Å²) < 4.78 is 38.6. The Morgan fingerprint density at radius 1 is 1.37 bits per heavy atom. The van der Waals surface area contributed by atoms with Gasteiger partial charge in [-0.05, 0) is 12.1 Å². The van der Waals surface area contributed by atoms with E-state index in [2.05, 4.69) is 0 Å². The highest BCUT2D eigenvalue weighted by Crippen LogP contribution is 2.14. The molecule has 1 aromatic carbocycles. The predicted molar refractivity (Wildman–Crippen MR) is 62.0 cm³/mol. The number of sulfonamides is 1. The van der Waals surface area contributed by atoms with Crippen molar-refractivity contribution in [3.05, 3.63) is 30.1 Å². The maximum Gasteiger partial charge on any atom is 0.322 e. The van der Waals surface area contributed by atoms with Crippen LogP contribution in [0.25, 0.3) is 0 Å². The Hall–Kier alpha value is -2.00. The quantitative estimate of drug-likeness (QED) is 0.647. The van der Waals surface area contributed by atoms with E-state index in [0.717, 1.165) is 12.1 Å². The van der Waals surface area contributed by atoms with E-state index in [-0.39, 0.29) is 0 Å². The van der Waals surface area contributed by atoms with Crippen LogP contribution in [-0.4, -0.2) is 31.4 Å². The molecule has 0 saturated carbocycles. The number of primary amides is 1. The minimum absolute atomic E-state index is 0.703. The molecule has 1 rings (SSSR count). The minimum Gasteiger partial charge on any atom is -0.480 e. The third-order valence-electron chi connectivity index (χ3n) is 2.13. The van der Waals surface area contributed by atoms with E-state index >= 15 is 0 Å². The number of hydrogen-bond acceptors (Lipinski definition) is 4. The van der Waals surface area contributed by atoms with Gasteiger partial charge < -0.3 is 10.8 Å². The molecule has 0 aromatic heterocycles. The SMILES string of the molecule is NC(=O)C[C@H](NS(=O)(=O)c1ccccc1F)C(=O)O. The third kappa shape index (κ3) is 4.00. The number of nitrogens with one attached hydrogen (secondary N) is 1. The van der Waals surface area contributed by atoms with Gasteiger partial charge in [0.15, 0.2) is 0 Å². The van der Waals surface area contributed by atoms with Gasteiger partial charge in [0.1, 0.15) is 16.8 Å². The normalized spacial score (nSPS) is 12.9.